The number of alkyl halides is 3. The molecule has 0 saturated heterocycles. The fourth-order valence-electron chi connectivity index (χ4n) is 1.73. The summed E-state index contributed by atoms with van der Waals surface area (Å²) in [5.41, 5.74) is -0.943. The number of hydrogen-bond donors (Lipinski definition) is 0. The van der Waals surface area contributed by atoms with Gasteiger partial charge < -0.3 is 4.79 Å². The summed E-state index contributed by atoms with van der Waals surface area (Å²) in [5, 5.41) is 0. The molecule has 1 aliphatic rings. The Morgan fingerprint density at radius 2 is 1.89 bits per heavy atom. The molecule has 1 aromatic rings. The second-order valence-corrected chi connectivity index (χ2v) is 5.71. The van der Waals surface area contributed by atoms with Gasteiger partial charge in [0.2, 0.25) is 9.84 Å². The van der Waals surface area contributed by atoms with Gasteiger partial charge in [-0.1, -0.05) is 0 Å². The maximum Gasteiger partial charge on any atom is 0.416 e. The van der Waals surface area contributed by atoms with Gasteiger partial charge in [0.05, 0.1) is 15.4 Å². The fourth-order valence-corrected chi connectivity index (χ4v) is 3.25. The van der Waals surface area contributed by atoms with E-state index in [1.54, 1.807) is 0 Å². The van der Waals surface area contributed by atoms with Gasteiger partial charge in [0.25, 0.3) is 0 Å². The van der Waals surface area contributed by atoms with E-state index in [1.165, 1.54) is 0 Å². The van der Waals surface area contributed by atoms with Crippen LogP contribution in [0.15, 0.2) is 28.0 Å². The molecule has 1 heterocycles. The Morgan fingerprint density at radius 1 is 1.22 bits per heavy atom. The van der Waals surface area contributed by atoms with Crippen molar-refractivity contribution in [2.75, 3.05) is 0 Å². The molecular weight excluding hydrogens is 269 g/mol. The highest BCUT2D eigenvalue weighted by Crippen LogP contribution is 2.38. The van der Waals surface area contributed by atoms with Gasteiger partial charge in [0.15, 0.2) is 0 Å². The van der Waals surface area contributed by atoms with Gasteiger partial charge >= 0.3 is 6.18 Å². The predicted octanol–water partition coefficient (Wildman–Crippen LogP) is 2.42. The molecule has 0 spiro atoms. The van der Waals surface area contributed by atoms with Crippen LogP contribution in [-0.2, 0) is 20.8 Å². The van der Waals surface area contributed by atoms with Gasteiger partial charge in [-0.05, 0) is 29.8 Å². The predicted molar refractivity (Wildman–Crippen MR) is 57.3 cm³/mol. The van der Waals surface area contributed by atoms with Crippen LogP contribution in [0.1, 0.15) is 17.5 Å². The van der Waals surface area contributed by atoms with Crippen LogP contribution in [0.2, 0.25) is 0 Å². The van der Waals surface area contributed by atoms with E-state index in [-0.39, 0.29) is 21.8 Å². The molecule has 0 N–H and O–H groups in total. The lowest BCUT2D eigenvalue weighted by atomic mass is 10.1. The van der Waals surface area contributed by atoms with Crippen LogP contribution in [0.25, 0.3) is 6.08 Å². The van der Waals surface area contributed by atoms with E-state index in [4.69, 9.17) is 0 Å². The first-order valence-corrected chi connectivity index (χ1v) is 6.35. The highest BCUT2D eigenvalue weighted by Gasteiger charge is 2.34. The molecule has 0 aliphatic carbocycles. The fraction of sp³-hybridized carbons (Fsp3) is 0.182. The molecule has 0 fully saturated rings. The summed E-state index contributed by atoms with van der Waals surface area (Å²) >= 11 is 0. The van der Waals surface area contributed by atoms with Crippen molar-refractivity contribution in [3.8, 4) is 0 Å². The monoisotopic (exact) mass is 276 g/mol. The van der Waals surface area contributed by atoms with Crippen molar-refractivity contribution in [3.05, 3.63) is 34.2 Å². The maximum absolute atomic E-state index is 12.5. The van der Waals surface area contributed by atoms with Crippen LogP contribution < -0.4 is 0 Å². The number of sulfone groups is 1. The lowest BCUT2D eigenvalue weighted by molar-refractivity contribution is -0.137. The zero-order chi connectivity index (χ0) is 13.6. The van der Waals surface area contributed by atoms with Crippen molar-refractivity contribution in [1.29, 1.82) is 0 Å². The van der Waals surface area contributed by atoms with Crippen molar-refractivity contribution in [3.63, 3.8) is 0 Å². The third-order valence-corrected chi connectivity index (χ3v) is 4.50. The summed E-state index contributed by atoms with van der Waals surface area (Å²) in [6.45, 7) is 0. The van der Waals surface area contributed by atoms with Crippen LogP contribution in [-0.4, -0.2) is 14.7 Å². The van der Waals surface area contributed by atoms with E-state index >= 15 is 0 Å². The van der Waals surface area contributed by atoms with Gasteiger partial charge in [-0.2, -0.15) is 13.2 Å². The van der Waals surface area contributed by atoms with Crippen LogP contribution in [0.5, 0.6) is 0 Å². The number of benzene rings is 1. The summed E-state index contributed by atoms with van der Waals surface area (Å²) in [5.74, 6) is 0. The van der Waals surface area contributed by atoms with Crippen molar-refractivity contribution in [1.82, 2.24) is 0 Å². The van der Waals surface area contributed by atoms with Crippen LogP contribution >= 0.6 is 0 Å². The number of allylic oxidation sites excluding steroid dienone is 1. The SMILES string of the molecule is O=CCC1=Cc2cc(C(F)(F)F)ccc2S1(=O)=O. The van der Waals surface area contributed by atoms with Gasteiger partial charge in [0.1, 0.15) is 6.29 Å². The Morgan fingerprint density at radius 3 is 2.44 bits per heavy atom. The van der Waals surface area contributed by atoms with E-state index in [9.17, 15) is 26.4 Å². The normalized spacial score (nSPS) is 17.2. The Balaban J connectivity index is 2.58. The average molecular weight is 276 g/mol. The Bertz CT molecular complexity index is 642. The molecule has 1 aromatic carbocycles. The molecule has 0 saturated carbocycles. The number of fused-ring (bicyclic) bond motifs is 1. The molecule has 0 radical (unpaired) electrons. The summed E-state index contributed by atoms with van der Waals surface area (Å²) in [6, 6.07) is 2.40. The summed E-state index contributed by atoms with van der Waals surface area (Å²) < 4.78 is 61.1. The first kappa shape index (κ1) is 12.8. The topological polar surface area (TPSA) is 51.2 Å². The smallest absolute Gasteiger partial charge is 0.303 e. The number of aldehydes is 1. The molecule has 18 heavy (non-hydrogen) atoms. The highest BCUT2D eigenvalue weighted by molar-refractivity contribution is 7.95. The van der Waals surface area contributed by atoms with Gasteiger partial charge in [0, 0.05) is 6.42 Å². The standard InChI is InChI=1S/C11H7F3O3S/c12-11(13,14)8-1-2-10-7(5-8)6-9(3-4-15)18(10,16)17/h1-2,4-6H,3H2. The number of carbonyl (C=O) groups excluding carboxylic acids is 1. The van der Waals surface area contributed by atoms with Crippen molar-refractivity contribution < 1.29 is 26.4 Å². The van der Waals surface area contributed by atoms with E-state index in [1.807, 2.05) is 0 Å². The highest BCUT2D eigenvalue weighted by atomic mass is 32.2. The van der Waals surface area contributed by atoms with E-state index < -0.39 is 21.6 Å². The molecule has 1 aliphatic heterocycles. The molecular formula is C11H7F3O3S. The first-order chi connectivity index (χ1) is 8.26. The lowest BCUT2D eigenvalue weighted by Gasteiger charge is -2.07. The summed E-state index contributed by atoms with van der Waals surface area (Å²) in [6.07, 6.45) is -3.35. The second-order valence-electron chi connectivity index (χ2n) is 3.74. The second kappa shape index (κ2) is 3.94. The van der Waals surface area contributed by atoms with Crippen LogP contribution in [0.3, 0.4) is 0 Å². The maximum atomic E-state index is 12.5. The van der Waals surface area contributed by atoms with Crippen molar-refractivity contribution in [2.45, 2.75) is 17.5 Å². The number of hydrogen-bond acceptors (Lipinski definition) is 3. The van der Waals surface area contributed by atoms with Crippen LogP contribution in [0.4, 0.5) is 13.2 Å². The zero-order valence-corrected chi connectivity index (χ0v) is 9.68. The largest absolute Gasteiger partial charge is 0.416 e. The molecule has 3 nitrogen and oxygen atoms in total. The minimum Gasteiger partial charge on any atom is -0.303 e. The summed E-state index contributed by atoms with van der Waals surface area (Å²) in [4.78, 5) is 9.98. The number of halogens is 3. The Labute approximate surface area is 101 Å². The molecule has 0 atom stereocenters. The van der Waals surface area contributed by atoms with Crippen molar-refractivity contribution >= 4 is 22.2 Å². The third kappa shape index (κ3) is 1.94. The number of rotatable bonds is 2. The van der Waals surface area contributed by atoms with Gasteiger partial charge in [-0.3, -0.25) is 0 Å². The molecule has 96 valence electrons. The van der Waals surface area contributed by atoms with E-state index in [0.29, 0.717) is 12.4 Å². The molecule has 7 heteroatoms. The quantitative estimate of drug-likeness (QED) is 0.779. The minimum atomic E-state index is -4.53. The van der Waals surface area contributed by atoms with Crippen LogP contribution in [0, 0.1) is 0 Å². The van der Waals surface area contributed by atoms with E-state index in [2.05, 4.69) is 0 Å². The summed E-state index contributed by atoms with van der Waals surface area (Å²) in [7, 11) is -3.81. The van der Waals surface area contributed by atoms with Crippen molar-refractivity contribution in [2.24, 2.45) is 0 Å². The Hall–Kier alpha value is -1.63. The Kier molecular flexibility index (Phi) is 2.81. The van der Waals surface area contributed by atoms with E-state index in [0.717, 1.165) is 18.2 Å². The molecule has 0 aromatic heterocycles. The minimum absolute atomic E-state index is 0.0262. The molecule has 2 rings (SSSR count). The molecule has 0 unspecified atom stereocenters. The van der Waals surface area contributed by atoms with Gasteiger partial charge in [-0.25, -0.2) is 8.42 Å². The first-order valence-electron chi connectivity index (χ1n) is 4.87. The number of carbonyl (C=O) groups is 1. The lowest BCUT2D eigenvalue weighted by Crippen LogP contribution is -2.06. The van der Waals surface area contributed by atoms with Gasteiger partial charge in [-0.15, -0.1) is 0 Å². The third-order valence-electron chi connectivity index (χ3n) is 2.57. The average Bonchev–Trinajstić information content (AvgIpc) is 2.50. The molecule has 0 bridgehead atoms. The zero-order valence-electron chi connectivity index (χ0n) is 8.86. The molecule has 0 amide bonds.